The Morgan fingerprint density at radius 1 is 1.06 bits per heavy atom. The first-order chi connectivity index (χ1) is 7.90. The highest BCUT2D eigenvalue weighted by atomic mass is 15.1. The second kappa shape index (κ2) is 3.54. The van der Waals surface area contributed by atoms with Crippen LogP contribution in [0.25, 0.3) is 21.2 Å². The van der Waals surface area contributed by atoms with E-state index < -0.39 is 0 Å². The molecular formula is C13H11N3. The summed E-state index contributed by atoms with van der Waals surface area (Å²) in [5.41, 5.74) is 10.6. The van der Waals surface area contributed by atoms with Crippen molar-refractivity contribution in [2.75, 3.05) is 0 Å². The molecule has 0 aliphatic heterocycles. The summed E-state index contributed by atoms with van der Waals surface area (Å²) >= 11 is 0. The molecule has 2 aromatic carbocycles. The van der Waals surface area contributed by atoms with Gasteiger partial charge in [-0.15, -0.1) is 0 Å². The van der Waals surface area contributed by atoms with Crippen LogP contribution in [0.5, 0.6) is 0 Å². The van der Waals surface area contributed by atoms with Crippen LogP contribution in [0.15, 0.2) is 41.5 Å². The smallest absolute Gasteiger partial charge is 0.0453 e. The van der Waals surface area contributed by atoms with Gasteiger partial charge in [-0.2, -0.15) is 0 Å². The van der Waals surface area contributed by atoms with Crippen LogP contribution in [-0.4, -0.2) is 0 Å². The van der Waals surface area contributed by atoms with Crippen molar-refractivity contribution in [3.63, 3.8) is 0 Å². The number of benzene rings is 2. The molecular weight excluding hydrogens is 198 g/mol. The maximum Gasteiger partial charge on any atom is 0.0453 e. The quantitative estimate of drug-likeness (QED) is 0.392. The van der Waals surface area contributed by atoms with E-state index in [0.29, 0.717) is 5.92 Å². The molecule has 1 aliphatic rings. The van der Waals surface area contributed by atoms with Crippen LogP contribution in [0.3, 0.4) is 0 Å². The molecule has 78 valence electrons. The highest BCUT2D eigenvalue weighted by molar-refractivity contribution is 5.95. The average molecular weight is 209 g/mol. The van der Waals surface area contributed by atoms with Crippen LogP contribution in [0.4, 0.5) is 5.69 Å². The summed E-state index contributed by atoms with van der Waals surface area (Å²) < 4.78 is 0. The lowest BCUT2D eigenvalue weighted by Crippen LogP contribution is -1.83. The zero-order valence-corrected chi connectivity index (χ0v) is 8.80. The van der Waals surface area contributed by atoms with E-state index in [9.17, 15) is 0 Å². The minimum atomic E-state index is 0.713. The zero-order valence-electron chi connectivity index (χ0n) is 8.80. The maximum absolute atomic E-state index is 8.53. The molecule has 0 bridgehead atoms. The molecule has 0 spiro atoms. The molecule has 1 fully saturated rings. The predicted octanol–water partition coefficient (Wildman–Crippen LogP) is 4.66. The maximum atomic E-state index is 8.53. The van der Waals surface area contributed by atoms with Crippen LogP contribution in [0, 0.1) is 0 Å². The monoisotopic (exact) mass is 209 g/mol. The third kappa shape index (κ3) is 1.42. The molecule has 1 aliphatic carbocycles. The van der Waals surface area contributed by atoms with E-state index in [1.807, 2.05) is 24.3 Å². The third-order valence-corrected chi connectivity index (χ3v) is 3.10. The first-order valence-corrected chi connectivity index (χ1v) is 5.47. The van der Waals surface area contributed by atoms with Crippen LogP contribution >= 0.6 is 0 Å². The number of fused-ring (bicyclic) bond motifs is 1. The van der Waals surface area contributed by atoms with Gasteiger partial charge in [-0.3, -0.25) is 0 Å². The Hall–Kier alpha value is -1.99. The van der Waals surface area contributed by atoms with E-state index in [0.717, 1.165) is 11.1 Å². The van der Waals surface area contributed by atoms with Crippen LogP contribution in [0.2, 0.25) is 0 Å². The molecule has 0 saturated heterocycles. The number of hydrogen-bond acceptors (Lipinski definition) is 1. The van der Waals surface area contributed by atoms with E-state index in [-0.39, 0.29) is 0 Å². The van der Waals surface area contributed by atoms with Gasteiger partial charge in [-0.1, -0.05) is 41.5 Å². The largest absolute Gasteiger partial charge is 0.0616 e. The SMILES string of the molecule is [N-]=[N+]=Nc1ccc(C2CC2)c2ccccc12. The van der Waals surface area contributed by atoms with Crippen molar-refractivity contribution >= 4 is 16.5 Å². The lowest BCUT2D eigenvalue weighted by molar-refractivity contribution is 1.15. The lowest BCUT2D eigenvalue weighted by Gasteiger charge is -2.07. The molecule has 0 amide bonds. The Labute approximate surface area is 93.3 Å². The number of azide groups is 1. The van der Waals surface area contributed by atoms with E-state index in [2.05, 4.69) is 22.2 Å². The van der Waals surface area contributed by atoms with Crippen molar-refractivity contribution in [3.8, 4) is 0 Å². The van der Waals surface area contributed by atoms with Gasteiger partial charge in [0, 0.05) is 10.6 Å². The second-order valence-corrected chi connectivity index (χ2v) is 4.18. The first kappa shape index (κ1) is 9.25. The summed E-state index contributed by atoms with van der Waals surface area (Å²) in [5.74, 6) is 0.713. The summed E-state index contributed by atoms with van der Waals surface area (Å²) in [4.78, 5) is 2.87. The van der Waals surface area contributed by atoms with E-state index in [1.54, 1.807) is 0 Å². The van der Waals surface area contributed by atoms with Gasteiger partial charge in [0.05, 0.1) is 0 Å². The van der Waals surface area contributed by atoms with Gasteiger partial charge in [-0.25, -0.2) is 0 Å². The van der Waals surface area contributed by atoms with Crippen molar-refractivity contribution in [3.05, 3.63) is 52.4 Å². The topological polar surface area (TPSA) is 48.8 Å². The summed E-state index contributed by atoms with van der Waals surface area (Å²) in [5, 5.41) is 6.03. The first-order valence-electron chi connectivity index (χ1n) is 5.47. The second-order valence-electron chi connectivity index (χ2n) is 4.18. The Morgan fingerprint density at radius 3 is 2.50 bits per heavy atom. The Balaban J connectivity index is 2.32. The molecule has 3 nitrogen and oxygen atoms in total. The minimum Gasteiger partial charge on any atom is -0.0616 e. The van der Waals surface area contributed by atoms with E-state index in [1.165, 1.54) is 23.8 Å². The minimum absolute atomic E-state index is 0.713. The molecule has 0 aromatic heterocycles. The third-order valence-electron chi connectivity index (χ3n) is 3.10. The molecule has 16 heavy (non-hydrogen) atoms. The summed E-state index contributed by atoms with van der Waals surface area (Å²) in [6, 6.07) is 12.2. The number of rotatable bonds is 2. The Morgan fingerprint density at radius 2 is 1.81 bits per heavy atom. The lowest BCUT2D eigenvalue weighted by atomic mass is 10.00. The fourth-order valence-electron chi connectivity index (χ4n) is 2.19. The van der Waals surface area contributed by atoms with Crippen molar-refractivity contribution in [2.24, 2.45) is 5.11 Å². The highest BCUT2D eigenvalue weighted by Crippen LogP contribution is 2.44. The van der Waals surface area contributed by atoms with Gasteiger partial charge in [-0.05, 0) is 40.6 Å². The fourth-order valence-corrected chi connectivity index (χ4v) is 2.19. The van der Waals surface area contributed by atoms with Gasteiger partial charge in [0.1, 0.15) is 0 Å². The summed E-state index contributed by atoms with van der Waals surface area (Å²) in [7, 11) is 0. The van der Waals surface area contributed by atoms with Gasteiger partial charge in [0.2, 0.25) is 0 Å². The molecule has 0 unspecified atom stereocenters. The zero-order chi connectivity index (χ0) is 11.0. The molecule has 3 rings (SSSR count). The van der Waals surface area contributed by atoms with Gasteiger partial charge in [0.25, 0.3) is 0 Å². The Kier molecular flexibility index (Phi) is 2.05. The standard InChI is InChI=1S/C13H11N3/c14-16-15-13-8-7-10(9-5-6-9)11-3-1-2-4-12(11)13/h1-4,7-9H,5-6H2. The Bertz CT molecular complexity index is 593. The average Bonchev–Trinajstić information content (AvgIpc) is 3.14. The molecule has 3 heteroatoms. The van der Waals surface area contributed by atoms with Crippen molar-refractivity contribution in [2.45, 2.75) is 18.8 Å². The van der Waals surface area contributed by atoms with E-state index >= 15 is 0 Å². The predicted molar refractivity (Wildman–Crippen MR) is 64.7 cm³/mol. The van der Waals surface area contributed by atoms with Crippen LogP contribution < -0.4 is 0 Å². The van der Waals surface area contributed by atoms with Gasteiger partial charge < -0.3 is 0 Å². The molecule has 0 radical (unpaired) electrons. The van der Waals surface area contributed by atoms with Crippen LogP contribution in [-0.2, 0) is 0 Å². The van der Waals surface area contributed by atoms with E-state index in [4.69, 9.17) is 5.53 Å². The normalized spacial score (nSPS) is 14.8. The number of hydrogen-bond donors (Lipinski definition) is 0. The molecule has 2 aromatic rings. The van der Waals surface area contributed by atoms with Crippen molar-refractivity contribution in [1.29, 1.82) is 0 Å². The van der Waals surface area contributed by atoms with Gasteiger partial charge in [0.15, 0.2) is 0 Å². The van der Waals surface area contributed by atoms with Crippen LogP contribution in [0.1, 0.15) is 24.3 Å². The fraction of sp³-hybridized carbons (Fsp3) is 0.231. The molecule has 0 N–H and O–H groups in total. The molecule has 0 heterocycles. The summed E-state index contributed by atoms with van der Waals surface area (Å²) in [6.07, 6.45) is 2.57. The van der Waals surface area contributed by atoms with Gasteiger partial charge >= 0.3 is 0 Å². The summed E-state index contributed by atoms with van der Waals surface area (Å²) in [6.45, 7) is 0. The molecule has 0 atom stereocenters. The highest BCUT2D eigenvalue weighted by Gasteiger charge is 2.25. The molecule has 1 saturated carbocycles. The van der Waals surface area contributed by atoms with Crippen molar-refractivity contribution < 1.29 is 0 Å². The number of nitrogens with zero attached hydrogens (tertiary/aromatic N) is 3. The van der Waals surface area contributed by atoms with Crippen molar-refractivity contribution in [1.82, 2.24) is 0 Å².